The summed E-state index contributed by atoms with van der Waals surface area (Å²) in [4.78, 5) is 4.32. The molecule has 0 aliphatic rings. The molecule has 109 valence electrons. The van der Waals surface area contributed by atoms with Gasteiger partial charge in [-0.05, 0) is 17.7 Å². The quantitative estimate of drug-likeness (QED) is 0.478. The third kappa shape index (κ3) is 3.66. The molecule has 1 heterocycles. The van der Waals surface area contributed by atoms with E-state index in [9.17, 15) is 0 Å². The standard InChI is InChI=1S/C17H22NSi.Ir/c1-12-7-8-15(13(2)9-12)16-10-14(3)17(11-18-16)19(4,5)6;/h7,9-11H,1-6H3;/q-1;/i1D3,2D3,3D3;. The molecular weight excluding hydrogens is 438 g/mol. The van der Waals surface area contributed by atoms with Crippen LogP contribution < -0.4 is 5.19 Å². The van der Waals surface area contributed by atoms with Crippen molar-refractivity contribution in [2.75, 3.05) is 0 Å². The Balaban J connectivity index is 0.00000420. The van der Waals surface area contributed by atoms with Crippen LogP contribution in [0.4, 0.5) is 0 Å². The molecule has 0 saturated carbocycles. The van der Waals surface area contributed by atoms with E-state index in [4.69, 9.17) is 12.3 Å². The number of rotatable bonds is 2. The number of hydrogen-bond donors (Lipinski definition) is 0. The van der Waals surface area contributed by atoms with Crippen LogP contribution in [0.1, 0.15) is 29.0 Å². The van der Waals surface area contributed by atoms with E-state index in [1.807, 2.05) is 19.6 Å². The Bertz CT molecular complexity index is 880. The molecule has 1 aromatic heterocycles. The fraction of sp³-hybridized carbons (Fsp3) is 0.353. The van der Waals surface area contributed by atoms with Gasteiger partial charge in [0.25, 0.3) is 0 Å². The maximum absolute atomic E-state index is 7.88. The van der Waals surface area contributed by atoms with E-state index in [2.05, 4.69) is 11.1 Å². The maximum Gasteiger partial charge on any atom is 0.0798 e. The van der Waals surface area contributed by atoms with Crippen LogP contribution in [-0.4, -0.2) is 13.1 Å². The molecule has 2 aromatic rings. The topological polar surface area (TPSA) is 12.9 Å². The van der Waals surface area contributed by atoms with Crippen molar-refractivity contribution in [1.82, 2.24) is 4.98 Å². The number of aromatic nitrogens is 1. The molecule has 0 amide bonds. The normalized spacial score (nSPS) is 19.6. The van der Waals surface area contributed by atoms with Crippen molar-refractivity contribution in [2.24, 2.45) is 0 Å². The molecular formula is C17H22IrNSi-. The van der Waals surface area contributed by atoms with Crippen molar-refractivity contribution in [2.45, 2.75) is 40.2 Å². The van der Waals surface area contributed by atoms with Gasteiger partial charge in [-0.2, -0.15) is 0 Å². The Hall–Kier alpha value is -0.764. The van der Waals surface area contributed by atoms with E-state index in [0.717, 1.165) is 6.07 Å². The first-order valence-corrected chi connectivity index (χ1v) is 9.50. The molecule has 0 N–H and O–H groups in total. The van der Waals surface area contributed by atoms with E-state index >= 15 is 0 Å². The second kappa shape index (κ2) is 6.34. The van der Waals surface area contributed by atoms with Crippen molar-refractivity contribution in [1.29, 1.82) is 0 Å². The number of pyridine rings is 1. The first-order chi connectivity index (χ1) is 12.4. The van der Waals surface area contributed by atoms with Gasteiger partial charge in [0.05, 0.1) is 8.07 Å². The molecule has 0 aliphatic carbocycles. The second-order valence-electron chi connectivity index (χ2n) is 5.54. The molecule has 0 bridgehead atoms. The van der Waals surface area contributed by atoms with Gasteiger partial charge in [0.2, 0.25) is 0 Å². The Morgan fingerprint density at radius 1 is 1.10 bits per heavy atom. The minimum Gasteiger partial charge on any atom is -0.305 e. The van der Waals surface area contributed by atoms with Crippen molar-refractivity contribution in [3.8, 4) is 11.3 Å². The molecule has 0 fully saturated rings. The van der Waals surface area contributed by atoms with Gasteiger partial charge in [0.1, 0.15) is 0 Å². The monoisotopic (exact) mass is 470 g/mol. The van der Waals surface area contributed by atoms with E-state index < -0.39 is 28.6 Å². The molecule has 0 aliphatic heterocycles. The zero-order chi connectivity index (χ0) is 21.7. The van der Waals surface area contributed by atoms with Crippen LogP contribution in [0.15, 0.2) is 24.4 Å². The summed E-state index contributed by atoms with van der Waals surface area (Å²) in [5.41, 5.74) is 0.0152. The average Bonchev–Trinajstić information content (AvgIpc) is 2.50. The maximum atomic E-state index is 7.88. The Labute approximate surface area is 149 Å². The molecule has 0 unspecified atom stereocenters. The molecule has 0 spiro atoms. The van der Waals surface area contributed by atoms with Gasteiger partial charge in [0, 0.05) is 38.6 Å². The summed E-state index contributed by atoms with van der Waals surface area (Å²) in [7, 11) is -2.01. The fourth-order valence-electron chi connectivity index (χ4n) is 1.90. The first-order valence-electron chi connectivity index (χ1n) is 10.5. The summed E-state index contributed by atoms with van der Waals surface area (Å²) in [5.74, 6) is 0. The average molecular weight is 470 g/mol. The van der Waals surface area contributed by atoms with Gasteiger partial charge in [-0.1, -0.05) is 45.0 Å². The third-order valence-electron chi connectivity index (χ3n) is 2.91. The second-order valence-corrected chi connectivity index (χ2v) is 10.6. The largest absolute Gasteiger partial charge is 0.305 e. The molecule has 0 saturated heterocycles. The van der Waals surface area contributed by atoms with Crippen LogP contribution in [0.3, 0.4) is 0 Å². The zero-order valence-corrected chi connectivity index (χ0v) is 15.0. The first kappa shape index (κ1) is 8.02. The molecule has 3 heteroatoms. The van der Waals surface area contributed by atoms with Crippen LogP contribution in [0.25, 0.3) is 11.3 Å². The van der Waals surface area contributed by atoms with Crippen LogP contribution >= 0.6 is 0 Å². The summed E-state index contributed by atoms with van der Waals surface area (Å²) in [6.45, 7) is -1.45. The molecule has 20 heavy (non-hydrogen) atoms. The van der Waals surface area contributed by atoms with Gasteiger partial charge in [0.15, 0.2) is 0 Å². The van der Waals surface area contributed by atoms with Crippen molar-refractivity contribution in [3.63, 3.8) is 0 Å². The smallest absolute Gasteiger partial charge is 0.0798 e. The van der Waals surface area contributed by atoms with Gasteiger partial charge >= 0.3 is 0 Å². The van der Waals surface area contributed by atoms with Crippen molar-refractivity contribution >= 4 is 13.3 Å². The SMILES string of the molecule is [2H]C([2H])([2H])c1c[c-]c(-c2cc(C([2H])([2H])[2H])c([Si](C)(C)C)cn2)c(C([2H])([2H])[2H])c1.[Ir]. The Morgan fingerprint density at radius 2 is 1.85 bits per heavy atom. The molecule has 1 nitrogen and oxygen atoms in total. The van der Waals surface area contributed by atoms with Crippen LogP contribution in [0, 0.1) is 26.6 Å². The summed E-state index contributed by atoms with van der Waals surface area (Å²) >= 11 is 0. The minimum absolute atomic E-state index is 0. The van der Waals surface area contributed by atoms with Gasteiger partial charge < -0.3 is 4.98 Å². The van der Waals surface area contributed by atoms with Crippen LogP contribution in [-0.2, 0) is 20.1 Å². The summed E-state index contributed by atoms with van der Waals surface area (Å²) < 4.78 is 69.5. The van der Waals surface area contributed by atoms with Gasteiger partial charge in [-0.15, -0.1) is 34.9 Å². The molecule has 1 radical (unpaired) electrons. The zero-order valence-electron chi connectivity index (χ0n) is 20.6. The summed E-state index contributed by atoms with van der Waals surface area (Å²) in [6, 6.07) is 6.42. The van der Waals surface area contributed by atoms with E-state index in [-0.39, 0.29) is 48.1 Å². The Kier molecular flexibility index (Phi) is 2.54. The number of hydrogen-bond acceptors (Lipinski definition) is 1. The number of aryl methyl sites for hydroxylation is 3. The van der Waals surface area contributed by atoms with E-state index in [1.165, 1.54) is 18.3 Å². The summed E-state index contributed by atoms with van der Waals surface area (Å²) in [5, 5.41) is 0.672. The van der Waals surface area contributed by atoms with E-state index in [1.54, 1.807) is 0 Å². The molecule has 1 aromatic carbocycles. The third-order valence-corrected chi connectivity index (χ3v) is 4.92. The minimum atomic E-state index is -2.60. The predicted octanol–water partition coefficient (Wildman–Crippen LogP) is 4.02. The molecule has 0 atom stereocenters. The van der Waals surface area contributed by atoms with Crippen LogP contribution in [0.5, 0.6) is 0 Å². The Morgan fingerprint density at radius 3 is 2.45 bits per heavy atom. The fourth-order valence-corrected chi connectivity index (χ4v) is 3.23. The van der Waals surface area contributed by atoms with Gasteiger partial charge in [-0.3, -0.25) is 0 Å². The predicted molar refractivity (Wildman–Crippen MR) is 85.7 cm³/mol. The van der Waals surface area contributed by atoms with Crippen molar-refractivity contribution < 1.29 is 32.4 Å². The number of nitrogens with zero attached hydrogens (tertiary/aromatic N) is 1. The van der Waals surface area contributed by atoms with Crippen LogP contribution in [0.2, 0.25) is 19.6 Å². The van der Waals surface area contributed by atoms with Gasteiger partial charge in [-0.25, -0.2) is 0 Å². The summed E-state index contributed by atoms with van der Waals surface area (Å²) in [6.07, 6.45) is 1.50. The molecule has 2 rings (SSSR count). The number of benzene rings is 1. The van der Waals surface area contributed by atoms with E-state index in [0.29, 0.717) is 5.19 Å². The van der Waals surface area contributed by atoms with Crippen molar-refractivity contribution in [3.05, 3.63) is 47.2 Å².